The average molecular weight is 477 g/mol. The molecule has 0 aliphatic heterocycles. The maximum absolute atomic E-state index is 10.9. The van der Waals surface area contributed by atoms with E-state index in [1.807, 2.05) is 12.1 Å². The molecule has 1 aromatic heterocycles. The molecule has 0 spiro atoms. The zero-order valence-corrected chi connectivity index (χ0v) is 22.4. The summed E-state index contributed by atoms with van der Waals surface area (Å²) in [4.78, 5) is 12.1. The average Bonchev–Trinajstić information content (AvgIpc) is 2.66. The lowest BCUT2D eigenvalue weighted by atomic mass is 9.79. The lowest BCUT2D eigenvalue weighted by Gasteiger charge is -2.28. The number of hydrogen-bond acceptors (Lipinski definition) is 6. The van der Waals surface area contributed by atoms with Crippen LogP contribution in [-0.2, 0) is 10.8 Å². The number of phenols is 1. The van der Waals surface area contributed by atoms with Gasteiger partial charge in [-0.2, -0.15) is 9.97 Å². The molecule has 0 aliphatic rings. The summed E-state index contributed by atoms with van der Waals surface area (Å²) in [6, 6.07) is 3.99. The van der Waals surface area contributed by atoms with Crippen molar-refractivity contribution in [3.8, 4) is 5.75 Å². The molecule has 0 fully saturated rings. The smallest absolute Gasteiger partial charge is 0.209 e. The molecule has 5 nitrogen and oxygen atoms in total. The van der Waals surface area contributed by atoms with E-state index in [0.29, 0.717) is 21.6 Å². The van der Waals surface area contributed by atoms with Crippen LogP contribution in [0.2, 0.25) is 0 Å². The van der Waals surface area contributed by atoms with Crippen molar-refractivity contribution in [3.63, 3.8) is 0 Å². The fraction of sp³-hybridized carbons (Fsp3) is 0.640. The van der Waals surface area contributed by atoms with E-state index in [1.54, 1.807) is 11.8 Å². The molecular formula is C25H40N4OS2. The van der Waals surface area contributed by atoms with Crippen LogP contribution in [0.1, 0.15) is 98.1 Å². The van der Waals surface area contributed by atoms with E-state index >= 15 is 0 Å². The minimum atomic E-state index is -0.196. The topological polar surface area (TPSA) is 73.8 Å². The first-order valence-electron chi connectivity index (χ1n) is 11.7. The first kappa shape index (κ1) is 26.7. The van der Waals surface area contributed by atoms with Gasteiger partial charge in [0.25, 0.3) is 0 Å². The van der Waals surface area contributed by atoms with Gasteiger partial charge in [0.15, 0.2) is 5.16 Å². The second-order valence-electron chi connectivity index (χ2n) is 10.4. The van der Waals surface area contributed by atoms with Gasteiger partial charge in [-0.05, 0) is 41.6 Å². The Balaban J connectivity index is 2.19. The van der Waals surface area contributed by atoms with Crippen LogP contribution >= 0.6 is 24.0 Å². The number of nitrogens with zero attached hydrogens (tertiary/aromatic N) is 2. The van der Waals surface area contributed by atoms with Crippen molar-refractivity contribution >= 4 is 35.6 Å². The molecule has 3 N–H and O–H groups in total. The van der Waals surface area contributed by atoms with Gasteiger partial charge in [0.1, 0.15) is 5.75 Å². The Labute approximate surface area is 203 Å². The molecule has 1 heterocycles. The summed E-state index contributed by atoms with van der Waals surface area (Å²) in [6.07, 6.45) is 7.62. The van der Waals surface area contributed by atoms with Crippen LogP contribution < -0.4 is 5.32 Å². The number of unbranched alkanes of at least 4 members (excludes halogenated alkanes) is 5. The highest BCUT2D eigenvalue weighted by Gasteiger charge is 2.26. The van der Waals surface area contributed by atoms with E-state index in [9.17, 15) is 5.11 Å². The van der Waals surface area contributed by atoms with Crippen molar-refractivity contribution in [3.05, 3.63) is 28.0 Å². The highest BCUT2D eigenvalue weighted by Crippen LogP contribution is 2.41. The van der Waals surface area contributed by atoms with Gasteiger partial charge in [-0.15, -0.1) is 0 Å². The molecule has 0 amide bonds. The molecule has 0 radical (unpaired) electrons. The van der Waals surface area contributed by atoms with Crippen LogP contribution in [0.3, 0.4) is 0 Å². The van der Waals surface area contributed by atoms with E-state index in [-0.39, 0.29) is 10.8 Å². The Bertz CT molecular complexity index is 907. The van der Waals surface area contributed by atoms with Crippen molar-refractivity contribution in [2.45, 2.75) is 103 Å². The second-order valence-corrected chi connectivity index (χ2v) is 11.9. The summed E-state index contributed by atoms with van der Waals surface area (Å²) >= 11 is 7.00. The van der Waals surface area contributed by atoms with E-state index < -0.39 is 0 Å². The molecule has 0 aliphatic carbocycles. The largest absolute Gasteiger partial charge is 0.507 e. The minimum absolute atomic E-state index is 0.196. The zero-order valence-electron chi connectivity index (χ0n) is 20.8. The molecule has 32 heavy (non-hydrogen) atoms. The summed E-state index contributed by atoms with van der Waals surface area (Å²) in [5, 5.41) is 15.0. The molecule has 7 heteroatoms. The maximum Gasteiger partial charge on any atom is 0.209 e. The van der Waals surface area contributed by atoms with E-state index in [1.165, 1.54) is 32.1 Å². The van der Waals surface area contributed by atoms with Crippen LogP contribution in [0, 0.1) is 4.77 Å². The van der Waals surface area contributed by atoms with Crippen molar-refractivity contribution in [2.75, 3.05) is 11.1 Å². The number of nitrogens with one attached hydrogen (secondary N) is 2. The molecule has 2 rings (SSSR count). The molecule has 0 saturated heterocycles. The van der Waals surface area contributed by atoms with E-state index in [0.717, 1.165) is 29.0 Å². The standard InChI is InChI=1S/C25H40N4OS2/c1-8-9-10-11-12-13-14-32-23-28-21(27-22(31)29-23)26-17-15-18(24(2,3)4)20(30)19(16-17)25(5,6)7/h15-16,30H,8-14H2,1-7H3,(H2,26,27,28,29,31). The molecule has 1 aromatic carbocycles. The first-order valence-corrected chi connectivity index (χ1v) is 13.1. The Morgan fingerprint density at radius 2 is 1.50 bits per heavy atom. The number of aromatic amines is 1. The highest BCUT2D eigenvalue weighted by atomic mass is 32.2. The molecule has 0 saturated carbocycles. The summed E-state index contributed by atoms with van der Waals surface area (Å²) in [6.45, 7) is 14.9. The maximum atomic E-state index is 10.9. The molecule has 0 bridgehead atoms. The Kier molecular flexibility index (Phi) is 9.58. The number of phenolic OH excluding ortho intramolecular Hbond substituents is 1. The number of aromatic hydroxyl groups is 1. The third-order valence-corrected chi connectivity index (χ3v) is 6.47. The lowest BCUT2D eigenvalue weighted by Crippen LogP contribution is -2.17. The third-order valence-electron chi connectivity index (χ3n) is 5.35. The number of benzene rings is 1. The SMILES string of the molecule is CCCCCCCCSc1nc(Nc2cc(C(C)(C)C)c(O)c(C(C)(C)C)c2)[nH]c(=S)n1. The van der Waals surface area contributed by atoms with Crippen LogP contribution in [0.4, 0.5) is 11.6 Å². The second kappa shape index (κ2) is 11.5. The lowest BCUT2D eigenvalue weighted by molar-refractivity contribution is 0.423. The van der Waals surface area contributed by atoms with Gasteiger partial charge in [0, 0.05) is 22.6 Å². The van der Waals surface area contributed by atoms with Crippen molar-refractivity contribution in [2.24, 2.45) is 0 Å². The van der Waals surface area contributed by atoms with Gasteiger partial charge in [-0.1, -0.05) is 92.3 Å². The molecular weight excluding hydrogens is 436 g/mol. The fourth-order valence-corrected chi connectivity index (χ4v) is 4.60. The summed E-state index contributed by atoms with van der Waals surface area (Å²) in [7, 11) is 0. The summed E-state index contributed by atoms with van der Waals surface area (Å²) in [5.74, 6) is 1.92. The van der Waals surface area contributed by atoms with Gasteiger partial charge in [0.2, 0.25) is 10.7 Å². The zero-order chi connectivity index (χ0) is 23.9. The Hall–Kier alpha value is -1.60. The van der Waals surface area contributed by atoms with Gasteiger partial charge < -0.3 is 15.4 Å². The monoisotopic (exact) mass is 476 g/mol. The number of anilines is 2. The molecule has 0 atom stereocenters. The normalized spacial score (nSPS) is 12.2. The van der Waals surface area contributed by atoms with Gasteiger partial charge >= 0.3 is 0 Å². The number of hydrogen-bond donors (Lipinski definition) is 3. The minimum Gasteiger partial charge on any atom is -0.507 e. The summed E-state index contributed by atoms with van der Waals surface area (Å²) in [5.41, 5.74) is 2.28. The van der Waals surface area contributed by atoms with Crippen molar-refractivity contribution in [1.82, 2.24) is 15.0 Å². The number of thioether (sulfide) groups is 1. The van der Waals surface area contributed by atoms with E-state index in [4.69, 9.17) is 12.2 Å². The van der Waals surface area contributed by atoms with Gasteiger partial charge in [0.05, 0.1) is 0 Å². The van der Waals surface area contributed by atoms with Crippen molar-refractivity contribution in [1.29, 1.82) is 0 Å². The molecule has 178 valence electrons. The predicted molar refractivity (Wildman–Crippen MR) is 140 cm³/mol. The van der Waals surface area contributed by atoms with Crippen LogP contribution in [0.25, 0.3) is 0 Å². The van der Waals surface area contributed by atoms with Crippen LogP contribution in [-0.4, -0.2) is 25.8 Å². The van der Waals surface area contributed by atoms with Crippen molar-refractivity contribution < 1.29 is 5.11 Å². The molecule has 0 unspecified atom stereocenters. The van der Waals surface area contributed by atoms with E-state index in [2.05, 4.69) is 68.7 Å². The first-order chi connectivity index (χ1) is 14.9. The number of aromatic nitrogens is 3. The quantitative estimate of drug-likeness (QED) is 0.139. The third kappa shape index (κ3) is 8.07. The Morgan fingerprint density at radius 3 is 2.06 bits per heavy atom. The van der Waals surface area contributed by atoms with Crippen LogP contribution in [0.5, 0.6) is 5.75 Å². The van der Waals surface area contributed by atoms with Gasteiger partial charge in [-0.25, -0.2) is 0 Å². The molecule has 2 aromatic rings. The predicted octanol–water partition coefficient (Wildman–Crippen LogP) is 8.03. The number of rotatable bonds is 10. The fourth-order valence-electron chi connectivity index (χ4n) is 3.52. The number of H-pyrrole nitrogens is 1. The highest BCUT2D eigenvalue weighted by molar-refractivity contribution is 7.99. The Morgan fingerprint density at radius 1 is 0.938 bits per heavy atom. The van der Waals surface area contributed by atoms with Crippen LogP contribution in [0.15, 0.2) is 17.3 Å². The summed E-state index contributed by atoms with van der Waals surface area (Å²) < 4.78 is 0.416. The van der Waals surface area contributed by atoms with Gasteiger partial charge in [-0.3, -0.25) is 0 Å².